The van der Waals surface area contributed by atoms with Gasteiger partial charge >= 0.3 is 0 Å². The number of rotatable bonds is 4. The number of nitrogens with zero attached hydrogens (tertiary/aromatic N) is 3. The van der Waals surface area contributed by atoms with Gasteiger partial charge in [-0.2, -0.15) is 0 Å². The van der Waals surface area contributed by atoms with Gasteiger partial charge in [-0.3, -0.25) is 4.79 Å². The van der Waals surface area contributed by atoms with E-state index < -0.39 is 0 Å². The maximum absolute atomic E-state index is 11.5. The third-order valence-corrected chi connectivity index (χ3v) is 1.89. The summed E-state index contributed by atoms with van der Waals surface area (Å²) in [6, 6.07) is 0. The highest BCUT2D eigenvalue weighted by Gasteiger charge is 2.08. The molecule has 1 N–H and O–H groups in total. The molecule has 0 saturated carbocycles. The van der Waals surface area contributed by atoms with Crippen molar-refractivity contribution in [2.45, 2.75) is 0 Å². The van der Waals surface area contributed by atoms with Crippen LogP contribution in [0.3, 0.4) is 0 Å². The molecular formula is C9H16N4O. The number of hydrogen-bond donors (Lipinski definition) is 1. The van der Waals surface area contributed by atoms with E-state index in [0.717, 1.165) is 6.54 Å². The molecule has 0 aliphatic heterocycles. The second-order valence-corrected chi connectivity index (χ2v) is 3.45. The summed E-state index contributed by atoms with van der Waals surface area (Å²) < 4.78 is 1.70. The first-order valence-corrected chi connectivity index (χ1v) is 4.50. The lowest BCUT2D eigenvalue weighted by Gasteiger charge is -2.10. The quantitative estimate of drug-likeness (QED) is 0.720. The molecule has 0 unspecified atom stereocenters. The Labute approximate surface area is 83.7 Å². The first kappa shape index (κ1) is 10.7. The van der Waals surface area contributed by atoms with Crippen LogP contribution in [0.15, 0.2) is 12.5 Å². The summed E-state index contributed by atoms with van der Waals surface area (Å²) in [7, 11) is 5.74. The van der Waals surface area contributed by atoms with Gasteiger partial charge in [0.15, 0.2) is 0 Å². The van der Waals surface area contributed by atoms with Gasteiger partial charge in [0.25, 0.3) is 5.91 Å². The molecule has 5 heteroatoms. The van der Waals surface area contributed by atoms with E-state index >= 15 is 0 Å². The largest absolute Gasteiger partial charge is 0.349 e. The molecule has 0 saturated heterocycles. The minimum Gasteiger partial charge on any atom is -0.349 e. The van der Waals surface area contributed by atoms with Crippen molar-refractivity contribution < 1.29 is 4.79 Å². The van der Waals surface area contributed by atoms with Crippen molar-refractivity contribution >= 4 is 5.91 Å². The number of amides is 1. The first-order chi connectivity index (χ1) is 6.61. The number of likely N-dealkylation sites (N-methyl/N-ethyl adjacent to an activating group) is 1. The number of imidazole rings is 1. The second kappa shape index (κ2) is 4.76. The van der Waals surface area contributed by atoms with Crippen molar-refractivity contribution in [3.8, 4) is 0 Å². The average molecular weight is 196 g/mol. The molecule has 78 valence electrons. The Morgan fingerprint density at radius 2 is 2.36 bits per heavy atom. The normalized spacial score (nSPS) is 10.6. The van der Waals surface area contributed by atoms with Crippen molar-refractivity contribution in [3.05, 3.63) is 18.2 Å². The smallest absolute Gasteiger partial charge is 0.269 e. The fraction of sp³-hybridized carbons (Fsp3) is 0.556. The lowest BCUT2D eigenvalue weighted by Crippen LogP contribution is -2.32. The predicted molar refractivity (Wildman–Crippen MR) is 54.1 cm³/mol. The second-order valence-electron chi connectivity index (χ2n) is 3.45. The van der Waals surface area contributed by atoms with Crippen LogP contribution in [0.25, 0.3) is 0 Å². The molecule has 0 aliphatic carbocycles. The highest BCUT2D eigenvalue weighted by atomic mass is 16.1. The third-order valence-electron chi connectivity index (χ3n) is 1.89. The molecule has 1 rings (SSSR count). The van der Waals surface area contributed by atoms with Gasteiger partial charge in [0.1, 0.15) is 5.69 Å². The Balaban J connectivity index is 2.40. The van der Waals surface area contributed by atoms with Crippen LogP contribution in [0.2, 0.25) is 0 Å². The third kappa shape index (κ3) is 2.85. The van der Waals surface area contributed by atoms with E-state index in [1.54, 1.807) is 24.1 Å². The lowest BCUT2D eigenvalue weighted by molar-refractivity contribution is 0.0943. The minimum absolute atomic E-state index is 0.0770. The standard InChI is InChI=1S/C9H16N4O/c1-12(2)5-4-11-9(14)8-6-10-7-13(8)3/h6-7H,4-5H2,1-3H3,(H,11,14). The van der Waals surface area contributed by atoms with Crippen molar-refractivity contribution in [2.75, 3.05) is 27.2 Å². The van der Waals surface area contributed by atoms with Gasteiger partial charge < -0.3 is 14.8 Å². The van der Waals surface area contributed by atoms with Crippen LogP contribution in [0.5, 0.6) is 0 Å². The Morgan fingerprint density at radius 3 is 2.86 bits per heavy atom. The van der Waals surface area contributed by atoms with E-state index in [4.69, 9.17) is 0 Å². The van der Waals surface area contributed by atoms with Crippen LogP contribution in [-0.4, -0.2) is 47.5 Å². The van der Waals surface area contributed by atoms with Gasteiger partial charge in [0.05, 0.1) is 12.5 Å². The molecule has 1 aromatic heterocycles. The molecule has 1 aromatic rings. The van der Waals surface area contributed by atoms with E-state index in [1.165, 1.54) is 0 Å². The number of carbonyl (C=O) groups is 1. The van der Waals surface area contributed by atoms with Crippen LogP contribution in [0, 0.1) is 0 Å². The van der Waals surface area contributed by atoms with Crippen LogP contribution in [0.1, 0.15) is 10.5 Å². The Kier molecular flexibility index (Phi) is 3.64. The number of nitrogens with one attached hydrogen (secondary N) is 1. The molecule has 0 atom stereocenters. The van der Waals surface area contributed by atoms with Gasteiger partial charge in [-0.05, 0) is 14.1 Å². The number of aryl methyl sites for hydroxylation is 1. The Morgan fingerprint density at radius 1 is 1.64 bits per heavy atom. The fourth-order valence-corrected chi connectivity index (χ4v) is 1.06. The summed E-state index contributed by atoms with van der Waals surface area (Å²) >= 11 is 0. The maximum Gasteiger partial charge on any atom is 0.269 e. The monoisotopic (exact) mass is 196 g/mol. The maximum atomic E-state index is 11.5. The van der Waals surface area contributed by atoms with Crippen molar-refractivity contribution in [1.29, 1.82) is 0 Å². The zero-order valence-corrected chi connectivity index (χ0v) is 8.82. The molecule has 14 heavy (non-hydrogen) atoms. The Bertz CT molecular complexity index is 306. The molecule has 1 heterocycles. The predicted octanol–water partition coefficient (Wildman–Crippen LogP) is -0.288. The lowest BCUT2D eigenvalue weighted by atomic mass is 10.4. The van der Waals surface area contributed by atoms with Gasteiger partial charge in [-0.25, -0.2) is 4.98 Å². The SMILES string of the molecule is CN(C)CCNC(=O)c1cncn1C. The number of carbonyl (C=O) groups excluding carboxylic acids is 1. The molecule has 0 bridgehead atoms. The summed E-state index contributed by atoms with van der Waals surface area (Å²) in [5.74, 6) is -0.0770. The van der Waals surface area contributed by atoms with E-state index in [0.29, 0.717) is 12.2 Å². The summed E-state index contributed by atoms with van der Waals surface area (Å²) in [4.78, 5) is 17.4. The zero-order valence-electron chi connectivity index (χ0n) is 8.82. The molecule has 0 aliphatic rings. The van der Waals surface area contributed by atoms with E-state index in [9.17, 15) is 4.79 Å². The topological polar surface area (TPSA) is 50.2 Å². The number of aromatic nitrogens is 2. The molecule has 0 spiro atoms. The minimum atomic E-state index is -0.0770. The van der Waals surface area contributed by atoms with E-state index in [-0.39, 0.29) is 5.91 Å². The summed E-state index contributed by atoms with van der Waals surface area (Å²) in [6.45, 7) is 1.49. The molecule has 0 aromatic carbocycles. The van der Waals surface area contributed by atoms with E-state index in [2.05, 4.69) is 10.3 Å². The number of hydrogen-bond acceptors (Lipinski definition) is 3. The first-order valence-electron chi connectivity index (χ1n) is 4.50. The van der Waals surface area contributed by atoms with Crippen molar-refractivity contribution in [3.63, 3.8) is 0 Å². The molecule has 5 nitrogen and oxygen atoms in total. The van der Waals surface area contributed by atoms with Gasteiger partial charge in [0.2, 0.25) is 0 Å². The summed E-state index contributed by atoms with van der Waals surface area (Å²) in [5.41, 5.74) is 0.587. The molecular weight excluding hydrogens is 180 g/mol. The van der Waals surface area contributed by atoms with Crippen molar-refractivity contribution in [1.82, 2.24) is 19.8 Å². The van der Waals surface area contributed by atoms with Crippen LogP contribution < -0.4 is 5.32 Å². The average Bonchev–Trinajstić information content (AvgIpc) is 2.50. The molecule has 1 amide bonds. The van der Waals surface area contributed by atoms with Gasteiger partial charge in [0, 0.05) is 20.1 Å². The van der Waals surface area contributed by atoms with Gasteiger partial charge in [-0.1, -0.05) is 0 Å². The van der Waals surface area contributed by atoms with Crippen LogP contribution in [0.4, 0.5) is 0 Å². The molecule has 0 radical (unpaired) electrons. The highest BCUT2D eigenvalue weighted by Crippen LogP contribution is 1.94. The zero-order chi connectivity index (χ0) is 10.6. The van der Waals surface area contributed by atoms with Crippen molar-refractivity contribution in [2.24, 2.45) is 7.05 Å². The molecule has 0 fully saturated rings. The fourth-order valence-electron chi connectivity index (χ4n) is 1.06. The summed E-state index contributed by atoms with van der Waals surface area (Å²) in [5, 5.41) is 2.82. The Hall–Kier alpha value is -1.36. The highest BCUT2D eigenvalue weighted by molar-refractivity contribution is 5.92. The van der Waals surface area contributed by atoms with Crippen LogP contribution in [-0.2, 0) is 7.05 Å². The summed E-state index contributed by atoms with van der Waals surface area (Å²) in [6.07, 6.45) is 3.17. The van der Waals surface area contributed by atoms with Gasteiger partial charge in [-0.15, -0.1) is 0 Å². The van der Waals surface area contributed by atoms with Crippen LogP contribution >= 0.6 is 0 Å². The van der Waals surface area contributed by atoms with E-state index in [1.807, 2.05) is 19.0 Å².